The molecule has 0 aliphatic carbocycles. The predicted molar refractivity (Wildman–Crippen MR) is 116 cm³/mol. The first-order valence-corrected chi connectivity index (χ1v) is 9.80. The molecule has 3 aromatic rings. The lowest BCUT2D eigenvalue weighted by Crippen LogP contribution is -2.21. The SMILES string of the molecule is CC1=NN(c2cccc(Br)c2)C(=O)/C1=C\c1c(C)nn(-c2ccccc2)c1Cl. The zero-order valence-corrected chi connectivity index (χ0v) is 17.6. The number of hydrazone groups is 1. The molecule has 1 aliphatic heterocycles. The standard InChI is InChI=1S/C21H16BrClN4O/c1-13-18(20(23)26(24-13)16-8-4-3-5-9-16)12-19-14(2)25-27(21(19)28)17-10-6-7-15(22)11-17/h3-12H,1-2H3/b19-12-. The molecule has 2 aromatic carbocycles. The first kappa shape index (κ1) is 18.7. The van der Waals surface area contributed by atoms with Gasteiger partial charge in [0.1, 0.15) is 5.15 Å². The van der Waals surface area contributed by atoms with Crippen molar-refractivity contribution in [3.8, 4) is 5.69 Å². The van der Waals surface area contributed by atoms with Gasteiger partial charge in [-0.1, -0.05) is 51.8 Å². The Morgan fingerprint density at radius 1 is 1.04 bits per heavy atom. The van der Waals surface area contributed by atoms with Gasteiger partial charge in [0, 0.05) is 10.0 Å². The fourth-order valence-corrected chi connectivity index (χ4v) is 3.74. The number of benzene rings is 2. The second-order valence-electron chi connectivity index (χ2n) is 6.38. The number of carbonyl (C=O) groups excluding carboxylic acids is 1. The van der Waals surface area contributed by atoms with Crippen LogP contribution in [0.4, 0.5) is 5.69 Å². The molecule has 0 saturated heterocycles. The molecule has 1 aromatic heterocycles. The van der Waals surface area contributed by atoms with Crippen LogP contribution >= 0.6 is 27.5 Å². The zero-order valence-electron chi connectivity index (χ0n) is 15.2. The van der Waals surface area contributed by atoms with Crippen molar-refractivity contribution in [1.82, 2.24) is 9.78 Å². The van der Waals surface area contributed by atoms with E-state index in [1.807, 2.05) is 68.4 Å². The van der Waals surface area contributed by atoms with Gasteiger partial charge in [-0.3, -0.25) is 4.79 Å². The van der Waals surface area contributed by atoms with Crippen LogP contribution < -0.4 is 5.01 Å². The number of hydrogen-bond donors (Lipinski definition) is 0. The van der Waals surface area contributed by atoms with E-state index in [0.29, 0.717) is 27.7 Å². The van der Waals surface area contributed by atoms with Gasteiger partial charge >= 0.3 is 0 Å². The lowest BCUT2D eigenvalue weighted by Gasteiger charge is -2.11. The Morgan fingerprint density at radius 3 is 2.46 bits per heavy atom. The minimum absolute atomic E-state index is 0.196. The summed E-state index contributed by atoms with van der Waals surface area (Å²) in [6.07, 6.45) is 1.77. The number of rotatable bonds is 3. The summed E-state index contributed by atoms with van der Waals surface area (Å²) in [6.45, 7) is 3.68. The summed E-state index contributed by atoms with van der Waals surface area (Å²) in [5, 5.41) is 10.8. The second kappa shape index (κ2) is 7.37. The van der Waals surface area contributed by atoms with Crippen LogP contribution in [0.3, 0.4) is 0 Å². The summed E-state index contributed by atoms with van der Waals surface area (Å²) >= 11 is 10.0. The van der Waals surface area contributed by atoms with Crippen LogP contribution in [0.5, 0.6) is 0 Å². The average Bonchev–Trinajstić information content (AvgIpc) is 3.13. The highest BCUT2D eigenvalue weighted by atomic mass is 79.9. The molecule has 0 bridgehead atoms. The van der Waals surface area contributed by atoms with Gasteiger partial charge in [0.05, 0.1) is 28.4 Å². The number of amides is 1. The van der Waals surface area contributed by atoms with Crippen LogP contribution in [-0.2, 0) is 4.79 Å². The number of hydrogen-bond acceptors (Lipinski definition) is 3. The summed E-state index contributed by atoms with van der Waals surface area (Å²) in [5.74, 6) is -0.196. The summed E-state index contributed by atoms with van der Waals surface area (Å²) < 4.78 is 2.55. The maximum absolute atomic E-state index is 13.0. The van der Waals surface area contributed by atoms with Crippen molar-refractivity contribution in [2.24, 2.45) is 5.10 Å². The van der Waals surface area contributed by atoms with Crippen molar-refractivity contribution >= 4 is 50.9 Å². The highest BCUT2D eigenvalue weighted by Crippen LogP contribution is 2.30. The first-order chi connectivity index (χ1) is 13.5. The Labute approximate surface area is 176 Å². The molecule has 0 atom stereocenters. The molecule has 0 unspecified atom stereocenters. The molecular weight excluding hydrogens is 440 g/mol. The van der Waals surface area contributed by atoms with Gasteiger partial charge in [-0.05, 0) is 50.3 Å². The van der Waals surface area contributed by atoms with Crippen LogP contribution in [-0.4, -0.2) is 21.4 Å². The highest BCUT2D eigenvalue weighted by Gasteiger charge is 2.29. The Hall–Kier alpha value is -2.70. The van der Waals surface area contributed by atoms with E-state index in [-0.39, 0.29) is 5.91 Å². The van der Waals surface area contributed by atoms with Crippen LogP contribution in [0.15, 0.2) is 69.7 Å². The maximum atomic E-state index is 13.0. The van der Waals surface area contributed by atoms with Crippen LogP contribution in [0, 0.1) is 6.92 Å². The Balaban J connectivity index is 1.73. The van der Waals surface area contributed by atoms with Gasteiger partial charge in [0.2, 0.25) is 0 Å². The largest absolute Gasteiger partial charge is 0.280 e. The van der Waals surface area contributed by atoms with Crippen molar-refractivity contribution in [3.05, 3.63) is 81.1 Å². The summed E-state index contributed by atoms with van der Waals surface area (Å²) in [7, 11) is 0. The van der Waals surface area contributed by atoms with Crippen molar-refractivity contribution in [3.63, 3.8) is 0 Å². The van der Waals surface area contributed by atoms with E-state index >= 15 is 0 Å². The van der Waals surface area contributed by atoms with Gasteiger partial charge in [-0.2, -0.15) is 15.2 Å². The van der Waals surface area contributed by atoms with Crippen LogP contribution in [0.25, 0.3) is 11.8 Å². The molecule has 0 N–H and O–H groups in total. The maximum Gasteiger partial charge on any atom is 0.280 e. The lowest BCUT2D eigenvalue weighted by molar-refractivity contribution is -0.114. The quantitative estimate of drug-likeness (QED) is 0.496. The second-order valence-corrected chi connectivity index (χ2v) is 7.65. The van der Waals surface area contributed by atoms with Crippen molar-refractivity contribution in [2.45, 2.75) is 13.8 Å². The van der Waals surface area contributed by atoms with E-state index in [1.54, 1.807) is 10.8 Å². The number of carbonyl (C=O) groups is 1. The highest BCUT2D eigenvalue weighted by molar-refractivity contribution is 9.10. The topological polar surface area (TPSA) is 50.5 Å². The molecular formula is C21H16BrClN4O. The van der Waals surface area contributed by atoms with E-state index in [1.165, 1.54) is 5.01 Å². The zero-order chi connectivity index (χ0) is 19.8. The van der Waals surface area contributed by atoms with Gasteiger partial charge < -0.3 is 0 Å². The Morgan fingerprint density at radius 2 is 1.75 bits per heavy atom. The monoisotopic (exact) mass is 454 g/mol. The van der Waals surface area contributed by atoms with Crippen LogP contribution in [0.2, 0.25) is 5.15 Å². The minimum atomic E-state index is -0.196. The molecule has 5 nitrogen and oxygen atoms in total. The third kappa shape index (κ3) is 3.30. The number of halogens is 2. The van der Waals surface area contributed by atoms with Crippen molar-refractivity contribution < 1.29 is 4.79 Å². The van der Waals surface area contributed by atoms with Crippen molar-refractivity contribution in [2.75, 3.05) is 5.01 Å². The van der Waals surface area contributed by atoms with Crippen molar-refractivity contribution in [1.29, 1.82) is 0 Å². The summed E-state index contributed by atoms with van der Waals surface area (Å²) in [6, 6.07) is 17.1. The van der Waals surface area contributed by atoms with E-state index in [4.69, 9.17) is 11.6 Å². The minimum Gasteiger partial charge on any atom is -0.267 e. The molecule has 140 valence electrons. The molecule has 0 saturated carbocycles. The normalized spacial score (nSPS) is 15.4. The number of aryl methyl sites for hydroxylation is 1. The fraction of sp³-hybridized carbons (Fsp3) is 0.0952. The van der Waals surface area contributed by atoms with Crippen LogP contribution in [0.1, 0.15) is 18.2 Å². The van der Waals surface area contributed by atoms with E-state index in [9.17, 15) is 4.79 Å². The van der Waals surface area contributed by atoms with Gasteiger partial charge in [0.15, 0.2) is 0 Å². The number of anilines is 1. The summed E-state index contributed by atoms with van der Waals surface area (Å²) in [5.41, 5.74) is 4.14. The molecule has 4 rings (SSSR count). The van der Waals surface area contributed by atoms with Gasteiger partial charge in [-0.25, -0.2) is 4.68 Å². The van der Waals surface area contributed by atoms with Gasteiger partial charge in [-0.15, -0.1) is 0 Å². The molecule has 1 amide bonds. The third-order valence-corrected chi connectivity index (χ3v) is 5.31. The average molecular weight is 456 g/mol. The fourth-order valence-electron chi connectivity index (χ4n) is 3.03. The molecule has 0 fully saturated rings. The molecule has 28 heavy (non-hydrogen) atoms. The Kier molecular flexibility index (Phi) is 4.91. The number of para-hydroxylation sites is 1. The molecule has 2 heterocycles. The first-order valence-electron chi connectivity index (χ1n) is 8.63. The molecule has 0 spiro atoms. The molecule has 0 radical (unpaired) electrons. The third-order valence-electron chi connectivity index (χ3n) is 4.45. The molecule has 1 aliphatic rings. The van der Waals surface area contributed by atoms with E-state index in [0.717, 1.165) is 15.9 Å². The lowest BCUT2D eigenvalue weighted by atomic mass is 10.1. The molecule has 7 heteroatoms. The van der Waals surface area contributed by atoms with E-state index < -0.39 is 0 Å². The van der Waals surface area contributed by atoms with Gasteiger partial charge in [0.25, 0.3) is 5.91 Å². The smallest absolute Gasteiger partial charge is 0.267 e. The number of aromatic nitrogens is 2. The Bertz CT molecular complexity index is 1130. The summed E-state index contributed by atoms with van der Waals surface area (Å²) in [4.78, 5) is 13.0. The van der Waals surface area contributed by atoms with E-state index in [2.05, 4.69) is 26.1 Å². The predicted octanol–water partition coefficient (Wildman–Crippen LogP) is 5.40. The number of nitrogens with zero attached hydrogens (tertiary/aromatic N) is 4.